The zero-order chi connectivity index (χ0) is 12.6. The number of rotatable bonds is 3. The van der Waals surface area contributed by atoms with Crippen LogP contribution in [0.15, 0.2) is 58.5 Å². The summed E-state index contributed by atoms with van der Waals surface area (Å²) in [6, 6.07) is 0. The Labute approximate surface area is 102 Å². The van der Waals surface area contributed by atoms with Crippen molar-refractivity contribution in [2.45, 2.75) is 13.8 Å². The van der Waals surface area contributed by atoms with E-state index in [0.717, 1.165) is 6.54 Å². The van der Waals surface area contributed by atoms with Crippen LogP contribution in [0.2, 0.25) is 0 Å². The largest absolute Gasteiger partial charge is 0.292 e. The van der Waals surface area contributed by atoms with Gasteiger partial charge in [0.15, 0.2) is 0 Å². The van der Waals surface area contributed by atoms with E-state index in [2.05, 4.69) is 22.1 Å². The number of aliphatic imine (C=N–C) groups is 2. The summed E-state index contributed by atoms with van der Waals surface area (Å²) in [6.45, 7) is 4.81. The van der Waals surface area contributed by atoms with Crippen molar-refractivity contribution in [2.75, 3.05) is 6.54 Å². The van der Waals surface area contributed by atoms with Gasteiger partial charge in [0.1, 0.15) is 0 Å². The highest BCUT2D eigenvalue weighted by molar-refractivity contribution is 5.73. The maximum Gasteiger partial charge on any atom is 0.0882 e. The first-order valence-corrected chi connectivity index (χ1v) is 5.48. The van der Waals surface area contributed by atoms with E-state index < -0.39 is 0 Å². The third kappa shape index (κ3) is 5.20. The molecular formula is C14H17FN2. The fourth-order valence-corrected chi connectivity index (χ4v) is 1.34. The van der Waals surface area contributed by atoms with Crippen LogP contribution >= 0.6 is 0 Å². The third-order valence-electron chi connectivity index (χ3n) is 2.31. The van der Waals surface area contributed by atoms with Gasteiger partial charge in [-0.05, 0) is 19.9 Å². The molecule has 3 heteroatoms. The summed E-state index contributed by atoms with van der Waals surface area (Å²) in [5.74, 6) is 0. The van der Waals surface area contributed by atoms with Gasteiger partial charge in [-0.15, -0.1) is 0 Å². The monoisotopic (exact) mass is 232 g/mol. The molecule has 0 aromatic rings. The summed E-state index contributed by atoms with van der Waals surface area (Å²) in [5, 5.41) is 0. The average molecular weight is 232 g/mol. The van der Waals surface area contributed by atoms with Crippen LogP contribution in [-0.2, 0) is 0 Å². The first kappa shape index (κ1) is 13.3. The van der Waals surface area contributed by atoms with Crippen molar-refractivity contribution in [3.8, 4) is 0 Å². The molecule has 2 nitrogen and oxygen atoms in total. The zero-order valence-electron chi connectivity index (χ0n) is 10.2. The van der Waals surface area contributed by atoms with Crippen molar-refractivity contribution >= 4 is 12.4 Å². The molecule has 90 valence electrons. The average Bonchev–Trinajstić information content (AvgIpc) is 2.27. The minimum absolute atomic E-state index is 0.242. The van der Waals surface area contributed by atoms with E-state index in [1.165, 1.54) is 17.9 Å². The summed E-state index contributed by atoms with van der Waals surface area (Å²) >= 11 is 0. The second-order valence-electron chi connectivity index (χ2n) is 4.14. The van der Waals surface area contributed by atoms with E-state index in [9.17, 15) is 4.39 Å². The Bertz CT molecular complexity index is 414. The Hall–Kier alpha value is -1.77. The van der Waals surface area contributed by atoms with Crippen LogP contribution < -0.4 is 0 Å². The van der Waals surface area contributed by atoms with Crippen LogP contribution in [0.4, 0.5) is 4.39 Å². The van der Waals surface area contributed by atoms with Gasteiger partial charge in [0.2, 0.25) is 0 Å². The van der Waals surface area contributed by atoms with E-state index in [0.29, 0.717) is 6.33 Å². The molecule has 1 unspecified atom stereocenters. The fraction of sp³-hybridized carbons (Fsp3) is 0.286. The Morgan fingerprint density at radius 2 is 2.35 bits per heavy atom. The summed E-state index contributed by atoms with van der Waals surface area (Å²) in [5.41, 5.74) is 0.989. The van der Waals surface area contributed by atoms with Gasteiger partial charge in [0.05, 0.1) is 12.9 Å². The minimum Gasteiger partial charge on any atom is -0.292 e. The molecule has 0 bridgehead atoms. The molecule has 0 N–H and O–H groups in total. The molecule has 0 radical (unpaired) electrons. The molecule has 0 saturated heterocycles. The van der Waals surface area contributed by atoms with Crippen molar-refractivity contribution in [3.63, 3.8) is 0 Å². The molecule has 1 heterocycles. The highest BCUT2D eigenvalue weighted by Gasteiger charge is 2.14. The molecule has 17 heavy (non-hydrogen) atoms. The lowest BCUT2D eigenvalue weighted by Crippen LogP contribution is -2.12. The predicted molar refractivity (Wildman–Crippen MR) is 72.2 cm³/mol. The van der Waals surface area contributed by atoms with Crippen LogP contribution in [0.1, 0.15) is 13.8 Å². The van der Waals surface area contributed by atoms with Gasteiger partial charge in [-0.2, -0.15) is 0 Å². The van der Waals surface area contributed by atoms with E-state index >= 15 is 0 Å². The van der Waals surface area contributed by atoms with Crippen molar-refractivity contribution in [1.29, 1.82) is 0 Å². The number of nitrogens with zero attached hydrogens (tertiary/aromatic N) is 2. The predicted octanol–water partition coefficient (Wildman–Crippen LogP) is 3.65. The summed E-state index contributed by atoms with van der Waals surface area (Å²) < 4.78 is 11.7. The Balaban J connectivity index is 2.74. The van der Waals surface area contributed by atoms with Gasteiger partial charge in [-0.25, -0.2) is 4.39 Å². The van der Waals surface area contributed by atoms with Gasteiger partial charge in [-0.1, -0.05) is 29.9 Å². The Kier molecular flexibility index (Phi) is 5.27. The lowest BCUT2D eigenvalue weighted by Gasteiger charge is -2.16. The molecule has 0 aromatic heterocycles. The van der Waals surface area contributed by atoms with Gasteiger partial charge in [0, 0.05) is 24.0 Å². The number of halogens is 1. The maximum absolute atomic E-state index is 11.7. The first-order valence-electron chi connectivity index (χ1n) is 5.48. The van der Waals surface area contributed by atoms with Crippen molar-refractivity contribution in [3.05, 3.63) is 48.5 Å². The molecule has 1 rings (SSSR count). The van der Waals surface area contributed by atoms with E-state index in [1.54, 1.807) is 6.20 Å². The van der Waals surface area contributed by atoms with Gasteiger partial charge in [0.25, 0.3) is 0 Å². The topological polar surface area (TPSA) is 24.7 Å². The second kappa shape index (κ2) is 6.74. The minimum atomic E-state index is -0.242. The van der Waals surface area contributed by atoms with Crippen LogP contribution in [0.3, 0.4) is 0 Å². The molecule has 0 aliphatic carbocycles. The number of hydrogen-bond acceptors (Lipinski definition) is 2. The van der Waals surface area contributed by atoms with E-state index in [1.807, 2.05) is 32.2 Å². The normalized spacial score (nSPS) is 30.6. The third-order valence-corrected chi connectivity index (χ3v) is 2.31. The molecule has 0 spiro atoms. The van der Waals surface area contributed by atoms with Gasteiger partial charge < -0.3 is 0 Å². The molecule has 1 aliphatic heterocycles. The van der Waals surface area contributed by atoms with Gasteiger partial charge in [-0.3, -0.25) is 9.98 Å². The Morgan fingerprint density at radius 1 is 1.53 bits per heavy atom. The number of allylic oxidation sites excluding steroid dienone is 5. The van der Waals surface area contributed by atoms with Crippen molar-refractivity contribution < 1.29 is 4.39 Å². The van der Waals surface area contributed by atoms with Crippen LogP contribution in [0.5, 0.6) is 0 Å². The molecule has 0 saturated carbocycles. The van der Waals surface area contributed by atoms with Gasteiger partial charge >= 0.3 is 0 Å². The van der Waals surface area contributed by atoms with E-state index in [4.69, 9.17) is 0 Å². The van der Waals surface area contributed by atoms with Crippen molar-refractivity contribution in [1.82, 2.24) is 0 Å². The molecule has 0 amide bonds. The molecule has 0 fully saturated rings. The lowest BCUT2D eigenvalue weighted by atomic mass is 9.91. The van der Waals surface area contributed by atoms with Crippen LogP contribution in [0.25, 0.3) is 0 Å². The Morgan fingerprint density at radius 3 is 3.12 bits per heavy atom. The summed E-state index contributed by atoms with van der Waals surface area (Å²) in [4.78, 5) is 8.28. The smallest absolute Gasteiger partial charge is 0.0882 e. The molecular weight excluding hydrogens is 215 g/mol. The standard InChI is InChI=1S/C14H17FN2/c1-13-5-3-6-14(2,12-17-11-13)7-10-16-9-4-8-15/h3-10,12H,11H2,1-2H3/b6-3-,8-4-,10-7+,13-5-,16-9+,17-12?. The van der Waals surface area contributed by atoms with Crippen molar-refractivity contribution in [2.24, 2.45) is 15.4 Å². The fourth-order valence-electron chi connectivity index (χ4n) is 1.34. The molecule has 0 aromatic carbocycles. The SMILES string of the molecule is C/C1=C/C=C\C(C)(/C=C/N=C/C=C\F)C=NC1. The molecule has 1 atom stereocenters. The molecule has 1 aliphatic rings. The zero-order valence-corrected chi connectivity index (χ0v) is 10.2. The van der Waals surface area contributed by atoms with Crippen LogP contribution in [0, 0.1) is 5.41 Å². The lowest BCUT2D eigenvalue weighted by molar-refractivity contribution is 0.723. The van der Waals surface area contributed by atoms with Crippen LogP contribution in [-0.4, -0.2) is 19.0 Å². The summed E-state index contributed by atoms with van der Waals surface area (Å²) in [6.07, 6.45) is 14.7. The highest BCUT2D eigenvalue weighted by Crippen LogP contribution is 2.19. The highest BCUT2D eigenvalue weighted by atomic mass is 19.1. The second-order valence-corrected chi connectivity index (χ2v) is 4.14. The summed E-state index contributed by atoms with van der Waals surface area (Å²) in [7, 11) is 0. The quantitative estimate of drug-likeness (QED) is 0.664. The first-order chi connectivity index (χ1) is 8.16. The number of hydrogen-bond donors (Lipinski definition) is 0. The van der Waals surface area contributed by atoms with E-state index in [-0.39, 0.29) is 5.41 Å². The maximum atomic E-state index is 11.7.